The van der Waals surface area contributed by atoms with Crippen LogP contribution in [0, 0.1) is 0 Å². The van der Waals surface area contributed by atoms with Gasteiger partial charge < -0.3 is 10.8 Å². The molecule has 0 bridgehead atoms. The van der Waals surface area contributed by atoms with Gasteiger partial charge in [0.15, 0.2) is 0 Å². The Balaban J connectivity index is 3.11. The van der Waals surface area contributed by atoms with Crippen LogP contribution in [0.2, 0.25) is 15.2 Å². The van der Waals surface area contributed by atoms with Crippen molar-refractivity contribution in [2.45, 2.75) is 12.5 Å². The van der Waals surface area contributed by atoms with Crippen molar-refractivity contribution < 1.29 is 5.11 Å². The smallest absolute Gasteiger partial charge is 0.148 e. The molecule has 1 rings (SSSR count). The van der Waals surface area contributed by atoms with Crippen LogP contribution in [0.15, 0.2) is 6.20 Å². The summed E-state index contributed by atoms with van der Waals surface area (Å²) in [6.45, 7) is -0.0340. The number of halogens is 3. The molecule has 0 saturated carbocycles. The molecule has 1 unspecified atom stereocenters. The molecule has 3 N–H and O–H groups in total. The van der Waals surface area contributed by atoms with Gasteiger partial charge in [0.05, 0.1) is 10.0 Å². The fraction of sp³-hybridized carbons (Fsp3) is 0.375. The van der Waals surface area contributed by atoms with Gasteiger partial charge in [-0.25, -0.2) is 4.98 Å². The molecule has 78 valence electrons. The van der Waals surface area contributed by atoms with Gasteiger partial charge >= 0.3 is 0 Å². The topological polar surface area (TPSA) is 59.1 Å². The van der Waals surface area contributed by atoms with Crippen LogP contribution in [-0.2, 0) is 0 Å². The van der Waals surface area contributed by atoms with Crippen LogP contribution < -0.4 is 5.73 Å². The lowest BCUT2D eigenvalue weighted by Crippen LogP contribution is -2.13. The maximum atomic E-state index is 8.73. The van der Waals surface area contributed by atoms with E-state index in [2.05, 4.69) is 4.98 Å². The van der Waals surface area contributed by atoms with E-state index in [0.717, 1.165) is 0 Å². The van der Waals surface area contributed by atoms with Gasteiger partial charge in [-0.1, -0.05) is 34.8 Å². The summed E-state index contributed by atoms with van der Waals surface area (Å²) in [4.78, 5) is 3.76. The zero-order chi connectivity index (χ0) is 10.7. The summed E-state index contributed by atoms with van der Waals surface area (Å²) < 4.78 is 0. The summed E-state index contributed by atoms with van der Waals surface area (Å²) in [5.74, 6) is 0. The number of aliphatic hydroxyl groups is 1. The molecule has 1 aromatic rings. The Morgan fingerprint density at radius 1 is 1.43 bits per heavy atom. The highest BCUT2D eigenvalue weighted by molar-refractivity contribution is 6.43. The van der Waals surface area contributed by atoms with Gasteiger partial charge in [0, 0.05) is 24.4 Å². The summed E-state index contributed by atoms with van der Waals surface area (Å²) in [6.07, 6.45) is 1.77. The van der Waals surface area contributed by atoms with Crippen LogP contribution in [0.25, 0.3) is 0 Å². The van der Waals surface area contributed by atoms with Crippen molar-refractivity contribution in [2.24, 2.45) is 5.73 Å². The lowest BCUT2D eigenvalue weighted by atomic mass is 10.1. The lowest BCUT2D eigenvalue weighted by molar-refractivity contribution is 0.276. The van der Waals surface area contributed by atoms with E-state index >= 15 is 0 Å². The number of aromatic nitrogens is 1. The molecule has 0 radical (unpaired) electrons. The molecule has 0 spiro atoms. The van der Waals surface area contributed by atoms with Crippen molar-refractivity contribution in [1.82, 2.24) is 4.98 Å². The first-order valence-electron chi connectivity index (χ1n) is 3.93. The van der Waals surface area contributed by atoms with Gasteiger partial charge in [0.25, 0.3) is 0 Å². The number of rotatable bonds is 3. The second-order valence-corrected chi connectivity index (χ2v) is 3.89. The second kappa shape index (κ2) is 5.14. The Morgan fingerprint density at radius 2 is 2.07 bits per heavy atom. The highest BCUT2D eigenvalue weighted by atomic mass is 35.5. The van der Waals surface area contributed by atoms with Gasteiger partial charge in [-0.3, -0.25) is 0 Å². The molecule has 0 fully saturated rings. The first-order valence-corrected chi connectivity index (χ1v) is 5.07. The molecule has 0 aliphatic carbocycles. The first-order chi connectivity index (χ1) is 6.57. The molecule has 1 heterocycles. The third-order valence-electron chi connectivity index (χ3n) is 1.78. The van der Waals surface area contributed by atoms with Crippen molar-refractivity contribution in [1.29, 1.82) is 0 Å². The molecule has 3 nitrogen and oxygen atoms in total. The summed E-state index contributed by atoms with van der Waals surface area (Å²) in [7, 11) is 0. The quantitative estimate of drug-likeness (QED) is 0.816. The van der Waals surface area contributed by atoms with Gasteiger partial charge in [-0.15, -0.1) is 0 Å². The van der Waals surface area contributed by atoms with E-state index in [0.29, 0.717) is 17.0 Å². The zero-order valence-electron chi connectivity index (χ0n) is 7.17. The molecular formula is C8H9Cl3N2O. The molecular weight excluding hydrogens is 246 g/mol. The number of pyridine rings is 1. The van der Waals surface area contributed by atoms with Gasteiger partial charge in [0.2, 0.25) is 0 Å². The van der Waals surface area contributed by atoms with Crippen LogP contribution in [0.3, 0.4) is 0 Å². The summed E-state index contributed by atoms with van der Waals surface area (Å²) in [5.41, 5.74) is 6.29. The average molecular weight is 256 g/mol. The van der Waals surface area contributed by atoms with Gasteiger partial charge in [-0.2, -0.15) is 0 Å². The molecule has 0 aliphatic rings. The zero-order valence-corrected chi connectivity index (χ0v) is 9.44. The molecule has 0 amide bonds. The summed E-state index contributed by atoms with van der Waals surface area (Å²) >= 11 is 17.5. The monoisotopic (exact) mass is 254 g/mol. The third-order valence-corrected chi connectivity index (χ3v) is 2.84. The predicted octanol–water partition coefficient (Wildman–Crippen LogP) is 2.42. The summed E-state index contributed by atoms with van der Waals surface area (Å²) in [5, 5.41) is 9.51. The van der Waals surface area contributed by atoms with Crippen molar-refractivity contribution in [3.63, 3.8) is 0 Å². The number of nitrogens with zero attached hydrogens (tertiary/aromatic N) is 1. The Hall–Kier alpha value is -0.0600. The number of nitrogens with two attached hydrogens (primary N) is 1. The largest absolute Gasteiger partial charge is 0.396 e. The average Bonchev–Trinajstić information content (AvgIpc) is 2.13. The molecule has 0 aliphatic heterocycles. The maximum absolute atomic E-state index is 8.73. The Labute approximate surface area is 96.8 Å². The van der Waals surface area contributed by atoms with Crippen molar-refractivity contribution in [2.75, 3.05) is 6.61 Å². The standard InChI is InChI=1S/C8H9Cl3N2O/c9-4-3-13-8(11)7(10)6(4)5(12)1-2-14/h3,5,14H,1-2,12H2. The minimum atomic E-state index is -0.430. The van der Waals surface area contributed by atoms with Crippen LogP contribution >= 0.6 is 34.8 Å². The molecule has 6 heteroatoms. The highest BCUT2D eigenvalue weighted by Gasteiger charge is 2.16. The lowest BCUT2D eigenvalue weighted by Gasteiger charge is -2.14. The maximum Gasteiger partial charge on any atom is 0.148 e. The fourth-order valence-electron chi connectivity index (χ4n) is 1.08. The first kappa shape index (κ1) is 12.0. The molecule has 1 aromatic heterocycles. The van der Waals surface area contributed by atoms with Gasteiger partial charge in [-0.05, 0) is 6.42 Å². The molecule has 14 heavy (non-hydrogen) atoms. The SMILES string of the molecule is NC(CCO)c1c(Cl)cnc(Cl)c1Cl. The van der Waals surface area contributed by atoms with E-state index < -0.39 is 6.04 Å². The van der Waals surface area contributed by atoms with Crippen molar-refractivity contribution >= 4 is 34.8 Å². The number of aliphatic hydroxyl groups excluding tert-OH is 1. The minimum absolute atomic E-state index is 0.0340. The minimum Gasteiger partial charge on any atom is -0.396 e. The van der Waals surface area contributed by atoms with E-state index in [1.165, 1.54) is 6.20 Å². The van der Waals surface area contributed by atoms with Crippen LogP contribution in [0.5, 0.6) is 0 Å². The Kier molecular flexibility index (Phi) is 4.41. The van der Waals surface area contributed by atoms with E-state index in [9.17, 15) is 0 Å². The van der Waals surface area contributed by atoms with Crippen LogP contribution in [0.1, 0.15) is 18.0 Å². The van der Waals surface area contributed by atoms with E-state index in [-0.39, 0.29) is 16.8 Å². The Bertz CT molecular complexity index is 333. The second-order valence-electron chi connectivity index (χ2n) is 2.74. The highest BCUT2D eigenvalue weighted by Crippen LogP contribution is 2.33. The van der Waals surface area contributed by atoms with E-state index in [1.54, 1.807) is 0 Å². The predicted molar refractivity (Wildman–Crippen MR) is 57.9 cm³/mol. The van der Waals surface area contributed by atoms with Crippen molar-refractivity contribution in [3.8, 4) is 0 Å². The normalized spacial score (nSPS) is 12.9. The van der Waals surface area contributed by atoms with Crippen LogP contribution in [-0.4, -0.2) is 16.7 Å². The van der Waals surface area contributed by atoms with Crippen LogP contribution in [0.4, 0.5) is 0 Å². The number of hydrogen-bond acceptors (Lipinski definition) is 3. The summed E-state index contributed by atoms with van der Waals surface area (Å²) in [6, 6.07) is -0.430. The van der Waals surface area contributed by atoms with E-state index in [4.69, 9.17) is 45.6 Å². The molecule has 0 aromatic carbocycles. The molecule has 1 atom stereocenters. The van der Waals surface area contributed by atoms with Crippen molar-refractivity contribution in [3.05, 3.63) is 27.0 Å². The van der Waals surface area contributed by atoms with Gasteiger partial charge in [0.1, 0.15) is 5.15 Å². The molecule has 0 saturated heterocycles. The Morgan fingerprint density at radius 3 is 2.64 bits per heavy atom. The van der Waals surface area contributed by atoms with E-state index in [1.807, 2.05) is 0 Å². The number of hydrogen-bond donors (Lipinski definition) is 2. The fourth-order valence-corrected chi connectivity index (χ4v) is 1.85. The third kappa shape index (κ3) is 2.49.